The van der Waals surface area contributed by atoms with E-state index in [1.165, 1.54) is 12.0 Å². The Morgan fingerprint density at radius 1 is 1.32 bits per heavy atom. The highest BCUT2D eigenvalue weighted by Gasteiger charge is 2.41. The lowest BCUT2D eigenvalue weighted by atomic mass is 9.69. The Morgan fingerprint density at radius 2 is 2.04 bits per heavy atom. The molecule has 3 rings (SSSR count). The van der Waals surface area contributed by atoms with Crippen LogP contribution in [0.5, 0.6) is 0 Å². The van der Waals surface area contributed by atoms with E-state index in [2.05, 4.69) is 19.0 Å². The van der Waals surface area contributed by atoms with Crippen molar-refractivity contribution < 1.29 is 19.2 Å². The summed E-state index contributed by atoms with van der Waals surface area (Å²) in [6.45, 7) is 4.53. The summed E-state index contributed by atoms with van der Waals surface area (Å²) in [4.78, 5) is 22.0. The van der Waals surface area contributed by atoms with Gasteiger partial charge in [0, 0.05) is 23.8 Å². The molecule has 0 aromatic carbocycles. The molecule has 25 heavy (non-hydrogen) atoms. The summed E-state index contributed by atoms with van der Waals surface area (Å²) in [5.74, 6) is 2.37. The van der Waals surface area contributed by atoms with Gasteiger partial charge in [-0.1, -0.05) is 19.0 Å². The van der Waals surface area contributed by atoms with Gasteiger partial charge in [-0.2, -0.15) is 0 Å². The summed E-state index contributed by atoms with van der Waals surface area (Å²) in [5.41, 5.74) is 2.00. The van der Waals surface area contributed by atoms with Gasteiger partial charge in [-0.15, -0.1) is 0 Å². The number of hydrogen-bond donors (Lipinski definition) is 1. The van der Waals surface area contributed by atoms with Gasteiger partial charge in [0.05, 0.1) is 12.1 Å². The molecule has 0 aliphatic heterocycles. The minimum atomic E-state index is -0.845. The number of hydrogen-bond acceptors (Lipinski definition) is 4. The topological polar surface area (TPSA) is 80.4 Å². The van der Waals surface area contributed by atoms with Crippen molar-refractivity contribution in [2.75, 3.05) is 0 Å². The first-order chi connectivity index (χ1) is 12.0. The lowest BCUT2D eigenvalue weighted by molar-refractivity contribution is -0.137. The van der Waals surface area contributed by atoms with Crippen LogP contribution in [0.2, 0.25) is 0 Å². The van der Waals surface area contributed by atoms with Crippen LogP contribution in [-0.2, 0) is 9.59 Å². The predicted octanol–water partition coefficient (Wildman–Crippen LogP) is 4.63. The minimum absolute atomic E-state index is 0.0141. The average molecular weight is 347 g/mol. The second-order valence-electron chi connectivity index (χ2n) is 8.32. The van der Waals surface area contributed by atoms with Gasteiger partial charge in [0.1, 0.15) is 12.0 Å². The van der Waals surface area contributed by atoms with E-state index < -0.39 is 5.97 Å². The van der Waals surface area contributed by atoms with E-state index in [0.29, 0.717) is 24.7 Å². The van der Waals surface area contributed by atoms with Crippen molar-refractivity contribution in [1.82, 2.24) is 5.16 Å². The van der Waals surface area contributed by atoms with Gasteiger partial charge in [-0.25, -0.2) is 0 Å². The molecule has 5 nitrogen and oxygen atoms in total. The summed E-state index contributed by atoms with van der Waals surface area (Å²) < 4.78 is 5.77. The first kappa shape index (κ1) is 18.2. The van der Waals surface area contributed by atoms with Crippen LogP contribution in [0.25, 0.3) is 0 Å². The molecular formula is C20H29NO4. The van der Waals surface area contributed by atoms with E-state index in [-0.39, 0.29) is 12.3 Å². The van der Waals surface area contributed by atoms with Crippen molar-refractivity contribution in [2.45, 2.75) is 83.0 Å². The summed E-state index contributed by atoms with van der Waals surface area (Å²) >= 11 is 0. The summed E-state index contributed by atoms with van der Waals surface area (Å²) in [7, 11) is 0. The van der Waals surface area contributed by atoms with Crippen LogP contribution in [0.15, 0.2) is 4.52 Å². The molecule has 2 aliphatic carbocycles. The van der Waals surface area contributed by atoms with Gasteiger partial charge >= 0.3 is 5.97 Å². The van der Waals surface area contributed by atoms with E-state index in [0.717, 1.165) is 55.3 Å². The van der Waals surface area contributed by atoms with E-state index >= 15 is 0 Å². The molecule has 1 N–H and O–H groups in total. The molecule has 2 aliphatic rings. The van der Waals surface area contributed by atoms with E-state index in [4.69, 9.17) is 4.52 Å². The van der Waals surface area contributed by atoms with Gasteiger partial charge in [-0.3, -0.25) is 4.79 Å². The van der Waals surface area contributed by atoms with Crippen molar-refractivity contribution in [3.63, 3.8) is 0 Å². The fourth-order valence-electron chi connectivity index (χ4n) is 4.32. The van der Waals surface area contributed by atoms with Crippen LogP contribution < -0.4 is 0 Å². The van der Waals surface area contributed by atoms with Crippen LogP contribution in [0.4, 0.5) is 0 Å². The Bertz CT molecular complexity index is 611. The highest BCUT2D eigenvalue weighted by Crippen LogP contribution is 2.52. The second-order valence-corrected chi connectivity index (χ2v) is 8.32. The molecule has 0 amide bonds. The molecule has 0 bridgehead atoms. The third-order valence-corrected chi connectivity index (χ3v) is 5.62. The second kappa shape index (κ2) is 7.71. The van der Waals surface area contributed by atoms with Crippen molar-refractivity contribution in [3.05, 3.63) is 17.0 Å². The summed E-state index contributed by atoms with van der Waals surface area (Å²) in [6, 6.07) is 0. The normalized spacial score (nSPS) is 24.1. The van der Waals surface area contributed by atoms with E-state index in [9.17, 15) is 14.7 Å². The molecule has 5 heteroatoms. The highest BCUT2D eigenvalue weighted by atomic mass is 16.5. The van der Waals surface area contributed by atoms with E-state index in [1.807, 2.05) is 0 Å². The van der Waals surface area contributed by atoms with Crippen molar-refractivity contribution in [3.8, 4) is 0 Å². The Labute approximate surface area is 149 Å². The monoisotopic (exact) mass is 347 g/mol. The highest BCUT2D eigenvalue weighted by molar-refractivity contribution is 5.68. The number of aromatic nitrogens is 1. The van der Waals surface area contributed by atoms with Gasteiger partial charge in [-0.05, 0) is 56.3 Å². The minimum Gasteiger partial charge on any atom is -0.481 e. The smallest absolute Gasteiger partial charge is 0.304 e. The van der Waals surface area contributed by atoms with Crippen LogP contribution in [0.3, 0.4) is 0 Å². The maximum Gasteiger partial charge on any atom is 0.304 e. The zero-order valence-corrected chi connectivity index (χ0v) is 15.2. The van der Waals surface area contributed by atoms with Crippen LogP contribution in [0, 0.1) is 11.8 Å². The number of rotatable bonds is 10. The van der Waals surface area contributed by atoms with Gasteiger partial charge in [0.2, 0.25) is 0 Å². The Hall–Kier alpha value is -1.65. The van der Waals surface area contributed by atoms with Crippen molar-refractivity contribution in [2.24, 2.45) is 11.8 Å². The van der Waals surface area contributed by atoms with Crippen molar-refractivity contribution >= 4 is 12.3 Å². The Balaban J connectivity index is 1.77. The number of aliphatic carboxylic acids is 1. The van der Waals surface area contributed by atoms with Gasteiger partial charge in [0.25, 0.3) is 0 Å². The SMILES string of the molecule is CC(C)CC1CC(c2onc(C(CCC=O)CC(=O)O)c2C2CC2)C1. The number of carboxylic acid groups (broad SMARTS) is 1. The number of nitrogens with zero attached hydrogens (tertiary/aromatic N) is 1. The molecule has 0 saturated heterocycles. The summed E-state index contributed by atoms with van der Waals surface area (Å²) in [6.07, 6.45) is 7.61. The first-order valence-electron chi connectivity index (χ1n) is 9.64. The third-order valence-electron chi connectivity index (χ3n) is 5.62. The van der Waals surface area contributed by atoms with Crippen LogP contribution in [-0.4, -0.2) is 22.5 Å². The van der Waals surface area contributed by atoms with Gasteiger partial charge in [0.15, 0.2) is 0 Å². The standard InChI is InChI=1S/C20H29NO4/c1-12(2)8-13-9-16(10-13)20-18(14-5-6-14)19(21-25-20)15(4-3-7-22)11-17(23)24/h7,12-16H,3-6,8-11H2,1-2H3,(H,23,24). The lowest BCUT2D eigenvalue weighted by Crippen LogP contribution is -2.23. The molecular weight excluding hydrogens is 318 g/mol. The maximum atomic E-state index is 11.2. The molecule has 0 spiro atoms. The Kier molecular flexibility index (Phi) is 5.60. The maximum absolute atomic E-state index is 11.2. The fraction of sp³-hybridized carbons (Fsp3) is 0.750. The molecule has 2 saturated carbocycles. The molecule has 1 atom stereocenters. The third kappa shape index (κ3) is 4.31. The average Bonchev–Trinajstić information content (AvgIpc) is 3.25. The number of carboxylic acids is 1. The number of carbonyl (C=O) groups excluding carboxylic acids is 1. The molecule has 1 aromatic rings. The van der Waals surface area contributed by atoms with Gasteiger partial charge < -0.3 is 14.4 Å². The fourth-order valence-corrected chi connectivity index (χ4v) is 4.32. The zero-order chi connectivity index (χ0) is 18.0. The molecule has 1 unspecified atom stereocenters. The zero-order valence-electron chi connectivity index (χ0n) is 15.2. The van der Waals surface area contributed by atoms with E-state index in [1.54, 1.807) is 0 Å². The predicted molar refractivity (Wildman–Crippen MR) is 93.7 cm³/mol. The first-order valence-corrected chi connectivity index (χ1v) is 9.64. The molecule has 138 valence electrons. The Morgan fingerprint density at radius 3 is 2.60 bits per heavy atom. The largest absolute Gasteiger partial charge is 0.481 e. The molecule has 1 heterocycles. The molecule has 1 aromatic heterocycles. The van der Waals surface area contributed by atoms with Crippen LogP contribution >= 0.6 is 0 Å². The number of carbonyl (C=O) groups is 2. The number of aldehydes is 1. The quantitative estimate of drug-likeness (QED) is 0.624. The van der Waals surface area contributed by atoms with Crippen molar-refractivity contribution in [1.29, 1.82) is 0 Å². The lowest BCUT2D eigenvalue weighted by Gasteiger charge is -2.35. The molecule has 0 radical (unpaired) electrons. The molecule has 2 fully saturated rings. The summed E-state index contributed by atoms with van der Waals surface area (Å²) in [5, 5.41) is 13.6. The van der Waals surface area contributed by atoms with Crippen LogP contribution in [0.1, 0.15) is 100.0 Å².